The molecule has 11 rings (SSSR count). The fourth-order valence-corrected chi connectivity index (χ4v) is 8.54. The van der Waals surface area contributed by atoms with E-state index < -0.39 is 0 Å². The SMILES string of the molecule is c1ccc(-c2ccc(N(c3ccc(-c4cccc(-c5ccc6ccccc6c5)c4)cc3)c3ccccc3-c3cccc4oc5cc6ccccc6cc5c34)cc2)cc1. The number of benzene rings is 10. The number of furan rings is 1. The Morgan fingerprint density at radius 3 is 1.53 bits per heavy atom. The summed E-state index contributed by atoms with van der Waals surface area (Å²) in [6.45, 7) is 0. The van der Waals surface area contributed by atoms with Gasteiger partial charge in [0.15, 0.2) is 0 Å². The lowest BCUT2D eigenvalue weighted by Gasteiger charge is -2.28. The predicted octanol–water partition coefficient (Wildman–Crippen LogP) is 16.0. The van der Waals surface area contributed by atoms with Crippen LogP contribution in [0.15, 0.2) is 229 Å². The molecule has 1 aromatic heterocycles. The molecule has 2 nitrogen and oxygen atoms in total. The summed E-state index contributed by atoms with van der Waals surface area (Å²) in [5.74, 6) is 0. The summed E-state index contributed by atoms with van der Waals surface area (Å²) in [7, 11) is 0. The molecule has 0 N–H and O–H groups in total. The van der Waals surface area contributed by atoms with E-state index in [1.54, 1.807) is 0 Å². The zero-order chi connectivity index (χ0) is 38.4. The van der Waals surface area contributed by atoms with Gasteiger partial charge >= 0.3 is 0 Å². The average Bonchev–Trinajstić information content (AvgIpc) is 3.67. The fraction of sp³-hybridized carbons (Fsp3) is 0. The smallest absolute Gasteiger partial charge is 0.136 e. The first kappa shape index (κ1) is 33.6. The Kier molecular flexibility index (Phi) is 8.19. The summed E-state index contributed by atoms with van der Waals surface area (Å²) >= 11 is 0. The minimum absolute atomic E-state index is 0.881. The number of hydrogen-bond acceptors (Lipinski definition) is 2. The summed E-state index contributed by atoms with van der Waals surface area (Å²) in [4.78, 5) is 2.38. The van der Waals surface area contributed by atoms with Crippen LogP contribution in [0.1, 0.15) is 0 Å². The number of nitrogens with zero attached hydrogens (tertiary/aromatic N) is 1. The van der Waals surface area contributed by atoms with Crippen LogP contribution >= 0.6 is 0 Å². The Morgan fingerprint density at radius 2 is 0.793 bits per heavy atom. The van der Waals surface area contributed by atoms with E-state index in [4.69, 9.17) is 4.42 Å². The average molecular weight is 740 g/mol. The van der Waals surface area contributed by atoms with Gasteiger partial charge in [-0.3, -0.25) is 0 Å². The van der Waals surface area contributed by atoms with Crippen molar-refractivity contribution < 1.29 is 4.42 Å². The van der Waals surface area contributed by atoms with Crippen LogP contribution in [0, 0.1) is 0 Å². The van der Waals surface area contributed by atoms with Crippen molar-refractivity contribution in [3.05, 3.63) is 224 Å². The van der Waals surface area contributed by atoms with E-state index in [0.717, 1.165) is 50.1 Å². The van der Waals surface area contributed by atoms with Crippen LogP contribution in [0.25, 0.3) is 88.0 Å². The molecule has 0 radical (unpaired) electrons. The molecule has 1 heterocycles. The molecule has 272 valence electrons. The molecule has 0 fully saturated rings. The van der Waals surface area contributed by atoms with Gasteiger partial charge in [-0.15, -0.1) is 0 Å². The van der Waals surface area contributed by atoms with Crippen molar-refractivity contribution in [1.29, 1.82) is 0 Å². The molecule has 0 aliphatic heterocycles. The molecule has 58 heavy (non-hydrogen) atoms. The van der Waals surface area contributed by atoms with Crippen molar-refractivity contribution in [2.24, 2.45) is 0 Å². The van der Waals surface area contributed by atoms with Crippen molar-refractivity contribution in [3.63, 3.8) is 0 Å². The number of fused-ring (bicyclic) bond motifs is 5. The Hall–Kier alpha value is -7.68. The van der Waals surface area contributed by atoms with Gasteiger partial charge in [-0.1, -0.05) is 164 Å². The minimum atomic E-state index is 0.881. The molecular weight excluding hydrogens is 703 g/mol. The minimum Gasteiger partial charge on any atom is -0.456 e. The lowest BCUT2D eigenvalue weighted by Crippen LogP contribution is -2.11. The van der Waals surface area contributed by atoms with Crippen LogP contribution in [0.2, 0.25) is 0 Å². The monoisotopic (exact) mass is 739 g/mol. The fourth-order valence-electron chi connectivity index (χ4n) is 8.54. The van der Waals surface area contributed by atoms with E-state index in [1.807, 2.05) is 0 Å². The Labute approximate surface area is 337 Å². The topological polar surface area (TPSA) is 16.4 Å². The van der Waals surface area contributed by atoms with Gasteiger partial charge in [0.1, 0.15) is 11.2 Å². The highest BCUT2D eigenvalue weighted by Crippen LogP contribution is 2.46. The maximum absolute atomic E-state index is 6.54. The van der Waals surface area contributed by atoms with Crippen LogP contribution in [0.4, 0.5) is 17.1 Å². The number of rotatable bonds is 7. The second-order valence-electron chi connectivity index (χ2n) is 14.9. The van der Waals surface area contributed by atoms with E-state index in [-0.39, 0.29) is 0 Å². The van der Waals surface area contributed by atoms with Crippen molar-refractivity contribution in [1.82, 2.24) is 0 Å². The van der Waals surface area contributed by atoms with Crippen LogP contribution < -0.4 is 4.90 Å². The molecule has 10 aromatic carbocycles. The van der Waals surface area contributed by atoms with Gasteiger partial charge < -0.3 is 9.32 Å². The molecule has 0 saturated carbocycles. The molecule has 0 aliphatic rings. The van der Waals surface area contributed by atoms with Gasteiger partial charge in [0.2, 0.25) is 0 Å². The van der Waals surface area contributed by atoms with Gasteiger partial charge in [0.05, 0.1) is 5.69 Å². The predicted molar refractivity (Wildman–Crippen MR) is 245 cm³/mol. The van der Waals surface area contributed by atoms with Crippen LogP contribution in [0.3, 0.4) is 0 Å². The van der Waals surface area contributed by atoms with E-state index in [9.17, 15) is 0 Å². The van der Waals surface area contributed by atoms with Crippen molar-refractivity contribution in [2.75, 3.05) is 4.90 Å². The van der Waals surface area contributed by atoms with E-state index in [1.165, 1.54) is 54.9 Å². The lowest BCUT2D eigenvalue weighted by molar-refractivity contribution is 0.669. The third-order valence-corrected chi connectivity index (χ3v) is 11.4. The molecule has 0 amide bonds. The summed E-state index contributed by atoms with van der Waals surface area (Å²) in [5.41, 5.74) is 14.4. The highest BCUT2D eigenvalue weighted by atomic mass is 16.3. The zero-order valence-corrected chi connectivity index (χ0v) is 31.7. The Bertz CT molecular complexity index is 3270. The molecule has 11 aromatic rings. The van der Waals surface area contributed by atoms with Gasteiger partial charge in [-0.25, -0.2) is 0 Å². The van der Waals surface area contributed by atoms with Gasteiger partial charge in [-0.05, 0) is 121 Å². The zero-order valence-electron chi connectivity index (χ0n) is 31.7. The molecule has 2 heteroatoms. The molecule has 0 aliphatic carbocycles. The largest absolute Gasteiger partial charge is 0.456 e. The first-order valence-corrected chi connectivity index (χ1v) is 19.8. The molecular formula is C56H37NO. The summed E-state index contributed by atoms with van der Waals surface area (Å²) in [5, 5.41) is 7.11. The second-order valence-corrected chi connectivity index (χ2v) is 14.9. The normalized spacial score (nSPS) is 11.4. The Morgan fingerprint density at radius 1 is 0.293 bits per heavy atom. The van der Waals surface area contributed by atoms with Crippen LogP contribution in [0.5, 0.6) is 0 Å². The Balaban J connectivity index is 1.04. The van der Waals surface area contributed by atoms with Gasteiger partial charge in [0, 0.05) is 27.7 Å². The summed E-state index contributed by atoms with van der Waals surface area (Å²) < 4.78 is 6.54. The van der Waals surface area contributed by atoms with Crippen molar-refractivity contribution in [3.8, 4) is 44.5 Å². The maximum Gasteiger partial charge on any atom is 0.136 e. The standard InChI is InChI=1S/C56H37NO/c1-2-12-38(13-3-1)40-26-30-48(31-27-40)57(49-32-28-41(29-33-49)43-18-10-19-44(34-43)47-25-24-39-14-4-5-15-42(39)35-47)53-22-9-8-20-50(53)51-21-11-23-54-56(51)52-36-45-16-6-7-17-46(45)37-55(52)58-54/h1-37H. The van der Waals surface area contributed by atoms with E-state index >= 15 is 0 Å². The van der Waals surface area contributed by atoms with Gasteiger partial charge in [-0.2, -0.15) is 0 Å². The third-order valence-electron chi connectivity index (χ3n) is 11.4. The third kappa shape index (κ3) is 6.00. The maximum atomic E-state index is 6.54. The summed E-state index contributed by atoms with van der Waals surface area (Å²) in [6, 6.07) is 80.7. The van der Waals surface area contributed by atoms with Crippen molar-refractivity contribution in [2.45, 2.75) is 0 Å². The summed E-state index contributed by atoms with van der Waals surface area (Å²) in [6.07, 6.45) is 0. The highest BCUT2D eigenvalue weighted by Gasteiger charge is 2.21. The van der Waals surface area contributed by atoms with Crippen LogP contribution in [-0.2, 0) is 0 Å². The first-order chi connectivity index (χ1) is 28.7. The van der Waals surface area contributed by atoms with E-state index in [0.29, 0.717) is 0 Å². The number of anilines is 3. The second kappa shape index (κ2) is 14.1. The lowest BCUT2D eigenvalue weighted by atomic mass is 9.95. The van der Waals surface area contributed by atoms with Crippen molar-refractivity contribution >= 4 is 60.5 Å². The van der Waals surface area contributed by atoms with E-state index in [2.05, 4.69) is 229 Å². The number of para-hydroxylation sites is 1. The molecule has 0 spiro atoms. The van der Waals surface area contributed by atoms with Gasteiger partial charge in [0.25, 0.3) is 0 Å². The first-order valence-electron chi connectivity index (χ1n) is 19.8. The molecule has 0 bridgehead atoms. The molecule has 0 unspecified atom stereocenters. The highest BCUT2D eigenvalue weighted by molar-refractivity contribution is 6.16. The molecule has 0 saturated heterocycles. The quantitative estimate of drug-likeness (QED) is 0.162. The van der Waals surface area contributed by atoms with Crippen LogP contribution in [-0.4, -0.2) is 0 Å². The molecule has 0 atom stereocenters. The number of hydrogen-bond donors (Lipinski definition) is 0.